The number of ether oxygens (including phenoxy) is 2. The lowest BCUT2D eigenvalue weighted by atomic mass is 9.98. The van der Waals surface area contributed by atoms with Crippen molar-refractivity contribution in [2.45, 2.75) is 90.6 Å². The Balaban J connectivity index is 2.96. The fourth-order valence-corrected chi connectivity index (χ4v) is 7.23. The number of alkyl halides is 4. The SMILES string of the molecule is CCCCCc1cc(OP(=O)(N[C@@H](C)C(=O)OC)C(C)(F)F)c(-c2cccc(C)c2)c(OP(=O)(N[C@@H](C)C(=O)OC)C(C)(F)F)c1. The first-order valence-corrected chi connectivity index (χ1v) is 17.8. The molecule has 2 rings (SSSR count). The Bertz CT molecular complexity index is 1400. The van der Waals surface area contributed by atoms with Crippen LogP contribution in [0.4, 0.5) is 17.6 Å². The van der Waals surface area contributed by atoms with Gasteiger partial charge in [0, 0.05) is 13.8 Å². The topological polar surface area (TPSA) is 129 Å². The molecule has 4 atom stereocenters. The average molecular weight is 697 g/mol. The van der Waals surface area contributed by atoms with Crippen LogP contribution in [0, 0.1) is 6.92 Å². The fourth-order valence-electron chi connectivity index (χ4n) is 4.28. The van der Waals surface area contributed by atoms with Crippen LogP contribution in [0.3, 0.4) is 0 Å². The molecule has 0 radical (unpaired) electrons. The van der Waals surface area contributed by atoms with Crippen molar-refractivity contribution in [3.8, 4) is 22.6 Å². The number of aryl methyl sites for hydroxylation is 2. The van der Waals surface area contributed by atoms with E-state index in [0.29, 0.717) is 31.4 Å². The van der Waals surface area contributed by atoms with Gasteiger partial charge in [-0.15, -0.1) is 0 Å². The highest BCUT2D eigenvalue weighted by Crippen LogP contribution is 2.62. The van der Waals surface area contributed by atoms with E-state index in [-0.39, 0.29) is 17.5 Å². The van der Waals surface area contributed by atoms with Crippen LogP contribution in [0.25, 0.3) is 11.1 Å². The van der Waals surface area contributed by atoms with Crippen LogP contribution in [0.2, 0.25) is 0 Å². The van der Waals surface area contributed by atoms with Crippen LogP contribution in [-0.4, -0.2) is 49.6 Å². The van der Waals surface area contributed by atoms with Gasteiger partial charge in [-0.1, -0.05) is 49.6 Å². The number of carbonyl (C=O) groups excluding carboxylic acids is 2. The Labute approximate surface area is 266 Å². The highest BCUT2D eigenvalue weighted by Gasteiger charge is 2.53. The second-order valence-corrected chi connectivity index (χ2v) is 15.7. The maximum Gasteiger partial charge on any atom is 0.385 e. The number of carbonyl (C=O) groups is 2. The minimum atomic E-state index is -5.34. The van der Waals surface area contributed by atoms with E-state index in [0.717, 1.165) is 40.9 Å². The second kappa shape index (κ2) is 15.8. The molecule has 0 aliphatic heterocycles. The van der Waals surface area contributed by atoms with Gasteiger partial charge in [0.15, 0.2) is 0 Å². The number of nitrogens with one attached hydrogen (secondary N) is 2. The number of hydrogen-bond acceptors (Lipinski definition) is 8. The van der Waals surface area contributed by atoms with Crippen molar-refractivity contribution in [2.75, 3.05) is 14.2 Å². The van der Waals surface area contributed by atoms with Gasteiger partial charge in [0.2, 0.25) is 0 Å². The Morgan fingerprint density at radius 2 is 1.28 bits per heavy atom. The zero-order valence-corrected chi connectivity index (χ0v) is 28.9. The highest BCUT2D eigenvalue weighted by molar-refractivity contribution is 7.59. The van der Waals surface area contributed by atoms with Crippen LogP contribution < -0.4 is 19.2 Å². The van der Waals surface area contributed by atoms with Crippen LogP contribution in [0.5, 0.6) is 11.5 Å². The van der Waals surface area contributed by atoms with Crippen LogP contribution >= 0.6 is 15.0 Å². The van der Waals surface area contributed by atoms with E-state index in [9.17, 15) is 18.7 Å². The molecule has 2 aromatic carbocycles. The van der Waals surface area contributed by atoms with E-state index in [2.05, 4.69) is 19.6 Å². The van der Waals surface area contributed by atoms with Gasteiger partial charge in [-0.25, -0.2) is 10.2 Å². The number of rotatable bonds is 17. The molecule has 258 valence electrons. The normalized spacial score (nSPS) is 16.0. The summed E-state index contributed by atoms with van der Waals surface area (Å²) >= 11 is 0. The quantitative estimate of drug-likeness (QED) is 0.0725. The van der Waals surface area contributed by atoms with E-state index >= 15 is 17.6 Å². The first-order chi connectivity index (χ1) is 21.2. The Morgan fingerprint density at radius 1 is 0.826 bits per heavy atom. The minimum absolute atomic E-state index is 0.198. The molecule has 0 heterocycles. The summed E-state index contributed by atoms with van der Waals surface area (Å²) in [5, 5.41) is 4.12. The first kappa shape index (κ1) is 39.3. The number of methoxy groups -OCH3 is 2. The summed E-state index contributed by atoms with van der Waals surface area (Å²) in [7, 11) is -8.63. The third kappa shape index (κ3) is 9.80. The van der Waals surface area contributed by atoms with Crippen molar-refractivity contribution in [1.82, 2.24) is 10.2 Å². The lowest BCUT2D eigenvalue weighted by Crippen LogP contribution is -2.38. The third-order valence-corrected chi connectivity index (χ3v) is 11.3. The maximum absolute atomic E-state index is 15.1. The summed E-state index contributed by atoms with van der Waals surface area (Å²) in [6, 6.07) is 5.99. The van der Waals surface area contributed by atoms with Crippen molar-refractivity contribution in [2.24, 2.45) is 0 Å². The summed E-state index contributed by atoms with van der Waals surface area (Å²) in [4.78, 5) is 24.2. The summed E-state index contributed by atoms with van der Waals surface area (Å²) in [5.41, 5.74) is -7.16. The molecule has 46 heavy (non-hydrogen) atoms. The summed E-state index contributed by atoms with van der Waals surface area (Å²) in [6.45, 7) is 6.63. The molecule has 0 spiro atoms. The molecule has 2 N–H and O–H groups in total. The molecular weight excluding hydrogens is 654 g/mol. The highest BCUT2D eigenvalue weighted by atomic mass is 31.2. The zero-order valence-electron chi connectivity index (χ0n) is 27.1. The largest absolute Gasteiger partial charge is 0.468 e. The predicted octanol–water partition coefficient (Wildman–Crippen LogP) is 8.07. The number of benzene rings is 2. The Kier molecular flexibility index (Phi) is 13.5. The Morgan fingerprint density at radius 3 is 1.65 bits per heavy atom. The van der Waals surface area contributed by atoms with Gasteiger partial charge < -0.3 is 18.5 Å². The Hall–Kier alpha value is -2.92. The number of hydrogen-bond donors (Lipinski definition) is 2. The van der Waals surface area contributed by atoms with Gasteiger partial charge in [0.1, 0.15) is 23.6 Å². The maximum atomic E-state index is 15.1. The van der Waals surface area contributed by atoms with Crippen molar-refractivity contribution >= 4 is 27.0 Å². The van der Waals surface area contributed by atoms with Gasteiger partial charge in [-0.05, 0) is 56.9 Å². The first-order valence-electron chi connectivity index (χ1n) is 14.5. The van der Waals surface area contributed by atoms with Gasteiger partial charge in [-0.2, -0.15) is 17.6 Å². The average Bonchev–Trinajstić information content (AvgIpc) is 2.94. The molecule has 16 heteroatoms. The molecule has 0 saturated carbocycles. The van der Waals surface area contributed by atoms with E-state index in [4.69, 9.17) is 9.05 Å². The molecule has 0 aliphatic rings. The van der Waals surface area contributed by atoms with Gasteiger partial charge in [-0.3, -0.25) is 18.7 Å². The van der Waals surface area contributed by atoms with Crippen LogP contribution in [0.15, 0.2) is 36.4 Å². The smallest absolute Gasteiger partial charge is 0.385 e. The molecule has 2 unspecified atom stereocenters. The number of esters is 2. The van der Waals surface area contributed by atoms with E-state index in [1.807, 2.05) is 6.92 Å². The van der Waals surface area contributed by atoms with Crippen molar-refractivity contribution in [1.29, 1.82) is 0 Å². The zero-order chi connectivity index (χ0) is 35.1. The van der Waals surface area contributed by atoms with E-state index < -0.39 is 61.9 Å². The van der Waals surface area contributed by atoms with Crippen LogP contribution in [0.1, 0.15) is 65.0 Å². The lowest BCUT2D eigenvalue weighted by Gasteiger charge is -2.31. The number of halogens is 4. The fraction of sp³-hybridized carbons (Fsp3) is 0.533. The monoisotopic (exact) mass is 696 g/mol. The molecule has 0 aliphatic carbocycles. The van der Waals surface area contributed by atoms with Crippen molar-refractivity contribution in [3.05, 3.63) is 47.5 Å². The van der Waals surface area contributed by atoms with Crippen molar-refractivity contribution in [3.63, 3.8) is 0 Å². The molecule has 10 nitrogen and oxygen atoms in total. The molecule has 2 aromatic rings. The molecule has 0 fully saturated rings. The van der Waals surface area contributed by atoms with E-state index in [1.54, 1.807) is 25.1 Å². The third-order valence-electron chi connectivity index (χ3n) is 6.83. The molecule has 0 saturated heterocycles. The van der Waals surface area contributed by atoms with E-state index in [1.165, 1.54) is 18.2 Å². The van der Waals surface area contributed by atoms with Gasteiger partial charge in [0.25, 0.3) is 0 Å². The van der Waals surface area contributed by atoms with Gasteiger partial charge >= 0.3 is 38.3 Å². The van der Waals surface area contributed by atoms with Crippen molar-refractivity contribution < 1.29 is 54.8 Å². The summed E-state index contributed by atoms with van der Waals surface area (Å²) in [5.74, 6) is -2.95. The van der Waals surface area contributed by atoms with Crippen LogP contribution in [-0.2, 0) is 34.6 Å². The lowest BCUT2D eigenvalue weighted by molar-refractivity contribution is -0.143. The summed E-state index contributed by atoms with van der Waals surface area (Å²) in [6.07, 6.45) is 2.43. The molecule has 0 amide bonds. The second-order valence-electron chi connectivity index (χ2n) is 11.0. The molecule has 0 bridgehead atoms. The van der Waals surface area contributed by atoms with Gasteiger partial charge in [0.05, 0.1) is 19.8 Å². The standard InChI is InChI=1S/C30H42F4N2O8P2/c1-9-10-11-14-22-17-24(43-45(39,29(5,31)32)35-20(3)27(37)41-7)26(23-15-12-13-19(2)16-23)25(18-22)44-46(40,30(6,33)34)36-21(4)28(38)42-8/h12-13,15-18,20-21H,9-11,14H2,1-8H3,(H,35,39)(H,36,40)/t20-,21-,45?,46?/m0/s1. The summed E-state index contributed by atoms with van der Waals surface area (Å²) < 4.78 is 109. The molecular formula is C30H42F4N2O8P2. The minimum Gasteiger partial charge on any atom is -0.468 e. The predicted molar refractivity (Wildman–Crippen MR) is 167 cm³/mol. The number of unbranched alkanes of at least 4 members (excludes halogenated alkanes) is 2. The molecule has 0 aromatic heterocycles.